The Hall–Kier alpha value is -0.0210. The summed E-state index contributed by atoms with van der Waals surface area (Å²) in [7, 11) is 0. The second-order valence-corrected chi connectivity index (χ2v) is 0.983. The zero-order chi connectivity index (χ0) is 7.15. The van der Waals surface area contributed by atoms with Gasteiger partial charge in [-0.15, -0.1) is 0 Å². The van der Waals surface area contributed by atoms with Crippen molar-refractivity contribution >= 4 is 11.9 Å². The minimum atomic E-state index is -1.08. The van der Waals surface area contributed by atoms with Gasteiger partial charge >= 0.3 is 17.1 Å². The van der Waals surface area contributed by atoms with Crippen LogP contribution in [0.4, 0.5) is 0 Å². The number of carbonyl (C=O) groups is 2. The van der Waals surface area contributed by atoms with Crippen LogP contribution in [0.1, 0.15) is 13.8 Å². The maximum Gasteiger partial charge on any atom is 2.00 e. The molecule has 0 bridgehead atoms. The van der Waals surface area contributed by atoms with Gasteiger partial charge in [-0.05, 0) is 13.8 Å². The maximum absolute atomic E-state index is 8.89. The molecule has 6 heteroatoms. The molecule has 60 valence electrons. The van der Waals surface area contributed by atoms with Gasteiger partial charge in [0.1, 0.15) is 0 Å². The molecule has 0 unspecified atom stereocenters. The van der Waals surface area contributed by atoms with Gasteiger partial charge in [-0.1, -0.05) is 0 Å². The monoisotopic (exact) mass is 228 g/mol. The van der Waals surface area contributed by atoms with Crippen molar-refractivity contribution in [2.45, 2.75) is 13.8 Å². The summed E-state index contributed by atoms with van der Waals surface area (Å²) in [4.78, 5) is 17.8. The molecule has 0 aliphatic carbocycles. The van der Waals surface area contributed by atoms with E-state index in [4.69, 9.17) is 19.8 Å². The van der Waals surface area contributed by atoms with E-state index in [9.17, 15) is 0 Å². The second kappa shape index (κ2) is 16.0. The summed E-state index contributed by atoms with van der Waals surface area (Å²) in [6, 6.07) is 0. The Morgan fingerprint density at radius 2 is 1.00 bits per heavy atom. The van der Waals surface area contributed by atoms with Crippen LogP contribution in [0.25, 0.3) is 0 Å². The van der Waals surface area contributed by atoms with Crippen molar-refractivity contribution in [2.75, 3.05) is 0 Å². The SMILES string of the molecule is CC(=O)[O-].CC(=O)[O-].[Mn+2].[Mn]. The standard InChI is InChI=1S/2C2H4O2.2Mn/c2*1-2(3)4;;/h2*1H3,(H,3,4);;/q;;;+2/p-2. The molecule has 0 atom stereocenters. The first kappa shape index (κ1) is 22.5. The molecule has 2 radical (unpaired) electrons. The molecule has 4 nitrogen and oxygen atoms in total. The summed E-state index contributed by atoms with van der Waals surface area (Å²) in [5.41, 5.74) is 0. The smallest absolute Gasteiger partial charge is 0.550 e. The number of carboxylic acids is 2. The van der Waals surface area contributed by atoms with Crippen molar-refractivity contribution in [3.05, 3.63) is 0 Å². The van der Waals surface area contributed by atoms with Crippen molar-refractivity contribution in [3.63, 3.8) is 0 Å². The van der Waals surface area contributed by atoms with E-state index in [1.54, 1.807) is 0 Å². The molecule has 0 heterocycles. The van der Waals surface area contributed by atoms with E-state index in [2.05, 4.69) is 0 Å². The first-order valence-electron chi connectivity index (χ1n) is 1.82. The zero-order valence-electron chi connectivity index (χ0n) is 5.39. The first-order valence-corrected chi connectivity index (χ1v) is 1.82. The molecule has 0 aliphatic rings. The number of carbonyl (C=O) groups excluding carboxylic acids is 2. The Balaban J connectivity index is -0.0000000300. The summed E-state index contributed by atoms with van der Waals surface area (Å²) in [6.45, 7) is 1.94. The molecule has 0 aromatic rings. The predicted octanol–water partition coefficient (Wildman–Crippen LogP) is -2.49. The Morgan fingerprint density at radius 3 is 1.00 bits per heavy atom. The topological polar surface area (TPSA) is 80.3 Å². The molecule has 0 N–H and O–H groups in total. The molecule has 0 aromatic carbocycles. The van der Waals surface area contributed by atoms with Crippen LogP contribution in [0.3, 0.4) is 0 Å². The number of hydrogen-bond donors (Lipinski definition) is 0. The van der Waals surface area contributed by atoms with E-state index in [1.165, 1.54) is 0 Å². The Bertz CT molecular complexity index is 73.3. The average Bonchev–Trinajstić information content (AvgIpc) is 1.25. The Kier molecular flexibility index (Phi) is 36.0. The summed E-state index contributed by atoms with van der Waals surface area (Å²) in [5, 5.41) is 17.8. The van der Waals surface area contributed by atoms with Gasteiger partial charge in [0.2, 0.25) is 0 Å². The average molecular weight is 228 g/mol. The molecular weight excluding hydrogens is 222 g/mol. The molecule has 0 amide bonds. The molecule has 10 heavy (non-hydrogen) atoms. The quantitative estimate of drug-likeness (QED) is 0.429. The van der Waals surface area contributed by atoms with Crippen molar-refractivity contribution in [1.29, 1.82) is 0 Å². The van der Waals surface area contributed by atoms with Crippen LogP contribution in [0, 0.1) is 0 Å². The fourth-order valence-electron chi connectivity index (χ4n) is 0. The normalized spacial score (nSPS) is 5.00. The van der Waals surface area contributed by atoms with Gasteiger partial charge in [0.15, 0.2) is 0 Å². The minimum Gasteiger partial charge on any atom is -0.550 e. The van der Waals surface area contributed by atoms with Gasteiger partial charge in [0, 0.05) is 29.0 Å². The van der Waals surface area contributed by atoms with Gasteiger partial charge in [-0.3, -0.25) is 0 Å². The van der Waals surface area contributed by atoms with E-state index in [-0.39, 0.29) is 34.1 Å². The van der Waals surface area contributed by atoms with Gasteiger partial charge in [0.05, 0.1) is 0 Å². The summed E-state index contributed by atoms with van der Waals surface area (Å²) < 4.78 is 0. The molecule has 0 fully saturated rings. The second-order valence-electron chi connectivity index (χ2n) is 0.983. The number of rotatable bonds is 0. The van der Waals surface area contributed by atoms with E-state index >= 15 is 0 Å². The van der Waals surface area contributed by atoms with Crippen molar-refractivity contribution in [3.8, 4) is 0 Å². The van der Waals surface area contributed by atoms with E-state index in [0.29, 0.717) is 0 Å². The van der Waals surface area contributed by atoms with Crippen LogP contribution in [0.5, 0.6) is 0 Å². The molecule has 0 saturated heterocycles. The fraction of sp³-hybridized carbons (Fsp3) is 0.500. The third-order valence-electron chi connectivity index (χ3n) is 0. The number of aliphatic carboxylic acids is 2. The van der Waals surface area contributed by atoms with Crippen LogP contribution in [0.15, 0.2) is 0 Å². The molecular formula is C4H6Mn2O4. The molecule has 0 saturated carbocycles. The third kappa shape index (κ3) is 878000. The summed E-state index contributed by atoms with van der Waals surface area (Å²) in [5.74, 6) is -2.17. The number of hydrogen-bond acceptors (Lipinski definition) is 4. The molecule has 0 spiro atoms. The van der Waals surface area contributed by atoms with E-state index in [0.717, 1.165) is 13.8 Å². The van der Waals surface area contributed by atoms with E-state index in [1.807, 2.05) is 0 Å². The fourth-order valence-corrected chi connectivity index (χ4v) is 0. The Labute approximate surface area is 79.9 Å². The molecule has 0 aliphatic heterocycles. The van der Waals surface area contributed by atoms with Gasteiger partial charge in [-0.2, -0.15) is 0 Å². The van der Waals surface area contributed by atoms with Crippen LogP contribution in [-0.4, -0.2) is 11.9 Å². The van der Waals surface area contributed by atoms with Crippen LogP contribution in [0.2, 0.25) is 0 Å². The predicted molar refractivity (Wildman–Crippen MR) is 21.4 cm³/mol. The summed E-state index contributed by atoms with van der Waals surface area (Å²) in [6.07, 6.45) is 0. The van der Waals surface area contributed by atoms with Crippen molar-refractivity contribution < 1.29 is 53.9 Å². The summed E-state index contributed by atoms with van der Waals surface area (Å²) >= 11 is 0. The zero-order valence-corrected chi connectivity index (χ0v) is 7.75. The van der Waals surface area contributed by atoms with Gasteiger partial charge in [0.25, 0.3) is 0 Å². The van der Waals surface area contributed by atoms with Gasteiger partial charge < -0.3 is 19.8 Å². The van der Waals surface area contributed by atoms with Gasteiger partial charge in [-0.25, -0.2) is 0 Å². The minimum absolute atomic E-state index is 0. The molecule has 0 aromatic heterocycles. The maximum atomic E-state index is 8.89. The van der Waals surface area contributed by atoms with Crippen LogP contribution >= 0.6 is 0 Å². The van der Waals surface area contributed by atoms with Crippen LogP contribution in [-0.2, 0) is 43.7 Å². The first-order chi connectivity index (χ1) is 3.46. The third-order valence-corrected chi connectivity index (χ3v) is 0. The van der Waals surface area contributed by atoms with Crippen LogP contribution < -0.4 is 10.2 Å². The Morgan fingerprint density at radius 1 is 1.00 bits per heavy atom. The van der Waals surface area contributed by atoms with E-state index < -0.39 is 11.9 Å². The molecule has 0 rings (SSSR count). The van der Waals surface area contributed by atoms with Crippen molar-refractivity contribution in [2.24, 2.45) is 0 Å². The van der Waals surface area contributed by atoms with Crippen molar-refractivity contribution in [1.82, 2.24) is 0 Å². The largest absolute Gasteiger partial charge is 2.00 e. The number of carboxylic acid groups (broad SMARTS) is 2.